The van der Waals surface area contributed by atoms with E-state index in [4.69, 9.17) is 21.1 Å². The molecule has 1 N–H and O–H groups in total. The van der Waals surface area contributed by atoms with Crippen molar-refractivity contribution >= 4 is 23.5 Å². The van der Waals surface area contributed by atoms with E-state index in [1.165, 1.54) is 0 Å². The van der Waals surface area contributed by atoms with Gasteiger partial charge in [-0.1, -0.05) is 11.6 Å². The van der Waals surface area contributed by atoms with Crippen LogP contribution in [0.3, 0.4) is 0 Å². The third-order valence-corrected chi connectivity index (χ3v) is 5.19. The van der Waals surface area contributed by atoms with Gasteiger partial charge in [-0.3, -0.25) is 0 Å². The smallest absolute Gasteiger partial charge is 0.410 e. The summed E-state index contributed by atoms with van der Waals surface area (Å²) in [4.78, 5) is 14.0. The zero-order valence-electron chi connectivity index (χ0n) is 15.8. The second kappa shape index (κ2) is 7.19. The topological polar surface area (TPSA) is 76.6 Å². The lowest BCUT2D eigenvalue weighted by Crippen LogP contribution is -2.48. The number of hydrogen-bond acceptors (Lipinski definition) is 6. The maximum atomic E-state index is 12.2. The number of anilines is 1. The molecule has 2 aliphatic heterocycles. The van der Waals surface area contributed by atoms with Crippen molar-refractivity contribution in [2.75, 3.05) is 25.0 Å². The number of aryl methyl sites for hydroxylation is 1. The van der Waals surface area contributed by atoms with E-state index in [-0.39, 0.29) is 17.7 Å². The number of nitrogens with zero attached hydrogens (tertiary/aromatic N) is 3. The molecule has 8 heteroatoms. The lowest BCUT2D eigenvalue weighted by atomic mass is 9.87. The summed E-state index contributed by atoms with van der Waals surface area (Å²) in [6.45, 7) is 9.48. The molecule has 1 aromatic rings. The molecule has 1 atom stereocenters. The van der Waals surface area contributed by atoms with Crippen molar-refractivity contribution in [3.05, 3.63) is 16.8 Å². The van der Waals surface area contributed by atoms with Gasteiger partial charge in [-0.05, 0) is 58.6 Å². The first-order valence-corrected chi connectivity index (χ1v) is 9.42. The lowest BCUT2D eigenvalue weighted by molar-refractivity contribution is -0.0485. The SMILES string of the molecule is Cc1cc(NC2COC3(CCN(C(=O)OC(C)(C)C)CC3)C2)nnc1Cl. The summed E-state index contributed by atoms with van der Waals surface area (Å²) in [5.41, 5.74) is 0.247. The van der Waals surface area contributed by atoms with Crippen LogP contribution in [0, 0.1) is 6.92 Å². The number of carbonyl (C=O) groups is 1. The molecular formula is C18H27ClN4O3. The number of hydrogen-bond donors (Lipinski definition) is 1. The zero-order chi connectivity index (χ0) is 18.9. The zero-order valence-corrected chi connectivity index (χ0v) is 16.6. The Bertz CT molecular complexity index is 669. The van der Waals surface area contributed by atoms with Crippen molar-refractivity contribution in [1.82, 2.24) is 15.1 Å². The van der Waals surface area contributed by atoms with Crippen molar-refractivity contribution in [1.29, 1.82) is 0 Å². The predicted octanol–water partition coefficient (Wildman–Crippen LogP) is 3.41. The first kappa shape index (κ1) is 19.2. The summed E-state index contributed by atoms with van der Waals surface area (Å²) in [7, 11) is 0. The molecule has 0 aromatic carbocycles. The predicted molar refractivity (Wildman–Crippen MR) is 99.5 cm³/mol. The molecule has 26 heavy (non-hydrogen) atoms. The summed E-state index contributed by atoms with van der Waals surface area (Å²) in [5.74, 6) is 0.712. The fourth-order valence-corrected chi connectivity index (χ4v) is 3.55. The monoisotopic (exact) mass is 382 g/mol. The van der Waals surface area contributed by atoms with Crippen LogP contribution in [0.4, 0.5) is 10.6 Å². The number of halogens is 1. The molecular weight excluding hydrogens is 356 g/mol. The van der Waals surface area contributed by atoms with Gasteiger partial charge in [-0.25, -0.2) is 4.79 Å². The van der Waals surface area contributed by atoms with E-state index in [0.29, 0.717) is 30.7 Å². The fraction of sp³-hybridized carbons (Fsp3) is 0.722. The highest BCUT2D eigenvalue weighted by molar-refractivity contribution is 6.30. The molecule has 144 valence electrons. The highest BCUT2D eigenvalue weighted by Crippen LogP contribution is 2.37. The van der Waals surface area contributed by atoms with Crippen LogP contribution in [0.2, 0.25) is 5.15 Å². The average molecular weight is 383 g/mol. The van der Waals surface area contributed by atoms with Crippen molar-refractivity contribution in [2.24, 2.45) is 0 Å². The Labute approximate surface area is 159 Å². The fourth-order valence-electron chi connectivity index (χ4n) is 3.46. The van der Waals surface area contributed by atoms with Gasteiger partial charge in [0.2, 0.25) is 0 Å². The molecule has 2 aliphatic rings. The molecule has 1 spiro atoms. The molecule has 0 saturated carbocycles. The summed E-state index contributed by atoms with van der Waals surface area (Å²) >= 11 is 5.92. The maximum absolute atomic E-state index is 12.2. The molecule has 1 amide bonds. The summed E-state index contributed by atoms with van der Waals surface area (Å²) in [6.07, 6.45) is 2.27. The number of ether oxygens (including phenoxy) is 2. The van der Waals surface area contributed by atoms with E-state index in [0.717, 1.165) is 24.8 Å². The number of likely N-dealkylation sites (tertiary alicyclic amines) is 1. The van der Waals surface area contributed by atoms with Crippen LogP contribution in [0.1, 0.15) is 45.6 Å². The number of amides is 1. The molecule has 2 fully saturated rings. The lowest BCUT2D eigenvalue weighted by Gasteiger charge is -2.39. The van der Waals surface area contributed by atoms with E-state index in [1.807, 2.05) is 33.8 Å². The van der Waals surface area contributed by atoms with E-state index >= 15 is 0 Å². The third-order valence-electron chi connectivity index (χ3n) is 4.81. The van der Waals surface area contributed by atoms with Crippen LogP contribution < -0.4 is 5.32 Å². The van der Waals surface area contributed by atoms with Crippen LogP contribution in [0.15, 0.2) is 6.07 Å². The molecule has 1 unspecified atom stereocenters. The molecule has 0 radical (unpaired) electrons. The Kier molecular flexibility index (Phi) is 5.30. The Morgan fingerprint density at radius 1 is 1.38 bits per heavy atom. The van der Waals surface area contributed by atoms with Gasteiger partial charge in [0.25, 0.3) is 0 Å². The largest absolute Gasteiger partial charge is 0.444 e. The standard InChI is InChI=1S/C18H27ClN4O3/c1-12-9-14(21-22-15(12)19)20-13-10-18(25-11-13)5-7-23(8-6-18)16(24)26-17(2,3)4/h9,13H,5-8,10-11H2,1-4H3,(H,20,21). The second-order valence-electron chi connectivity index (χ2n) is 8.21. The van der Waals surface area contributed by atoms with Crippen LogP contribution in [0.25, 0.3) is 0 Å². The molecule has 7 nitrogen and oxygen atoms in total. The van der Waals surface area contributed by atoms with E-state index in [2.05, 4.69) is 15.5 Å². The van der Waals surface area contributed by atoms with Crippen molar-refractivity contribution in [2.45, 2.75) is 64.2 Å². The van der Waals surface area contributed by atoms with E-state index in [9.17, 15) is 4.79 Å². The van der Waals surface area contributed by atoms with Gasteiger partial charge < -0.3 is 19.7 Å². The van der Waals surface area contributed by atoms with Crippen molar-refractivity contribution in [3.8, 4) is 0 Å². The minimum Gasteiger partial charge on any atom is -0.444 e. The number of rotatable bonds is 2. The van der Waals surface area contributed by atoms with Crippen molar-refractivity contribution in [3.63, 3.8) is 0 Å². The first-order valence-electron chi connectivity index (χ1n) is 9.04. The highest BCUT2D eigenvalue weighted by atomic mass is 35.5. The summed E-state index contributed by atoms with van der Waals surface area (Å²) in [6, 6.07) is 2.07. The third kappa shape index (κ3) is 4.57. The summed E-state index contributed by atoms with van der Waals surface area (Å²) < 4.78 is 11.6. The normalized spacial score (nSPS) is 22.5. The molecule has 0 bridgehead atoms. The van der Waals surface area contributed by atoms with E-state index in [1.54, 1.807) is 4.90 Å². The van der Waals surface area contributed by atoms with Gasteiger partial charge >= 0.3 is 6.09 Å². The summed E-state index contributed by atoms with van der Waals surface area (Å²) in [5, 5.41) is 11.8. The Balaban J connectivity index is 1.52. The number of piperidine rings is 1. The average Bonchev–Trinajstić information content (AvgIpc) is 2.92. The quantitative estimate of drug-likeness (QED) is 0.844. The molecule has 3 rings (SSSR count). The molecule has 2 saturated heterocycles. The minimum atomic E-state index is -0.469. The van der Waals surface area contributed by atoms with Gasteiger partial charge in [0.15, 0.2) is 5.15 Å². The van der Waals surface area contributed by atoms with Crippen LogP contribution in [-0.4, -0.2) is 58.1 Å². The highest BCUT2D eigenvalue weighted by Gasteiger charge is 2.44. The second-order valence-corrected chi connectivity index (χ2v) is 8.57. The number of aromatic nitrogens is 2. The first-order chi connectivity index (χ1) is 12.2. The Morgan fingerprint density at radius 2 is 2.08 bits per heavy atom. The van der Waals surface area contributed by atoms with Gasteiger partial charge in [-0.2, -0.15) is 0 Å². The maximum Gasteiger partial charge on any atom is 0.410 e. The van der Waals surface area contributed by atoms with Crippen LogP contribution >= 0.6 is 11.6 Å². The molecule has 0 aliphatic carbocycles. The Morgan fingerprint density at radius 3 is 2.69 bits per heavy atom. The van der Waals surface area contributed by atoms with Gasteiger partial charge in [0.1, 0.15) is 11.4 Å². The van der Waals surface area contributed by atoms with E-state index < -0.39 is 5.60 Å². The van der Waals surface area contributed by atoms with Gasteiger partial charge in [0, 0.05) is 13.1 Å². The van der Waals surface area contributed by atoms with Crippen LogP contribution in [-0.2, 0) is 9.47 Å². The van der Waals surface area contributed by atoms with Gasteiger partial charge in [0.05, 0.1) is 18.2 Å². The van der Waals surface area contributed by atoms with Crippen LogP contribution in [0.5, 0.6) is 0 Å². The van der Waals surface area contributed by atoms with Gasteiger partial charge in [-0.15, -0.1) is 10.2 Å². The number of nitrogens with one attached hydrogen (secondary N) is 1. The minimum absolute atomic E-state index is 0.176. The number of carbonyl (C=O) groups excluding carboxylic acids is 1. The van der Waals surface area contributed by atoms with Crippen molar-refractivity contribution < 1.29 is 14.3 Å². The molecule has 1 aromatic heterocycles. The Hall–Kier alpha value is -1.60. The molecule has 3 heterocycles.